The van der Waals surface area contributed by atoms with E-state index in [1.807, 2.05) is 6.92 Å². The van der Waals surface area contributed by atoms with Gasteiger partial charge in [-0.1, -0.05) is 44.5 Å². The summed E-state index contributed by atoms with van der Waals surface area (Å²) in [4.78, 5) is 12.7. The molecule has 0 aliphatic heterocycles. The number of hydrogen-bond donors (Lipinski definition) is 1. The molecule has 0 aliphatic carbocycles. The van der Waals surface area contributed by atoms with Gasteiger partial charge in [0, 0.05) is 22.1 Å². The number of sulfonamides is 1. The number of hydrogen-bond acceptors (Lipinski definition) is 5. The number of para-hydroxylation sites is 2. The normalized spacial score (nSPS) is 11.8. The molecule has 6 nitrogen and oxygen atoms in total. The first-order valence-electron chi connectivity index (χ1n) is 9.95. The first-order chi connectivity index (χ1) is 14.5. The predicted molar refractivity (Wildman–Crippen MR) is 129 cm³/mol. The summed E-state index contributed by atoms with van der Waals surface area (Å²) < 4.78 is 33.7. The minimum atomic E-state index is -4.03. The van der Waals surface area contributed by atoms with Crippen molar-refractivity contribution in [1.82, 2.24) is 5.32 Å². The molecule has 0 unspecified atom stereocenters. The fourth-order valence-corrected chi connectivity index (χ4v) is 5.08. The van der Waals surface area contributed by atoms with Crippen molar-refractivity contribution in [1.29, 1.82) is 0 Å². The Morgan fingerprint density at radius 2 is 1.77 bits per heavy atom. The number of carbonyl (C=O) groups excluding carboxylic acids is 1. The van der Waals surface area contributed by atoms with Crippen LogP contribution < -0.4 is 14.4 Å². The maximum Gasteiger partial charge on any atom is 0.264 e. The average molecular weight is 485 g/mol. The van der Waals surface area contributed by atoms with Crippen LogP contribution in [0.5, 0.6) is 5.75 Å². The van der Waals surface area contributed by atoms with Crippen LogP contribution in [0.15, 0.2) is 53.4 Å². The largest absolute Gasteiger partial charge is 0.492 e. The molecule has 1 amide bonds. The van der Waals surface area contributed by atoms with Crippen LogP contribution in [-0.4, -0.2) is 44.5 Å². The van der Waals surface area contributed by atoms with Gasteiger partial charge in [0.25, 0.3) is 10.0 Å². The van der Waals surface area contributed by atoms with Gasteiger partial charge in [0.15, 0.2) is 0 Å². The lowest BCUT2D eigenvalue weighted by molar-refractivity contribution is -0.119. The average Bonchev–Trinajstić information content (AvgIpc) is 2.70. The van der Waals surface area contributed by atoms with E-state index in [9.17, 15) is 13.2 Å². The van der Waals surface area contributed by atoms with Gasteiger partial charge in [0.1, 0.15) is 12.3 Å². The minimum Gasteiger partial charge on any atom is -0.492 e. The third-order valence-corrected chi connectivity index (χ3v) is 7.38. The summed E-state index contributed by atoms with van der Waals surface area (Å²) >= 11 is 7.64. The number of nitrogens with zero attached hydrogens (tertiary/aromatic N) is 1. The van der Waals surface area contributed by atoms with E-state index in [1.165, 1.54) is 24.3 Å². The molecular formula is C22H29ClN2O4S2. The number of thioether (sulfide) groups is 1. The summed E-state index contributed by atoms with van der Waals surface area (Å²) in [7, 11) is -4.03. The molecule has 0 atom stereocenters. The van der Waals surface area contributed by atoms with Crippen molar-refractivity contribution in [3.63, 3.8) is 0 Å². The topological polar surface area (TPSA) is 75.7 Å². The molecule has 1 N–H and O–H groups in total. The molecule has 0 fully saturated rings. The number of anilines is 1. The first kappa shape index (κ1) is 25.4. The molecule has 0 spiro atoms. The Balaban J connectivity index is 2.31. The second-order valence-electron chi connectivity index (χ2n) is 7.68. The zero-order chi connectivity index (χ0) is 23.1. The third-order valence-electron chi connectivity index (χ3n) is 4.08. The molecule has 0 saturated heterocycles. The summed E-state index contributed by atoms with van der Waals surface area (Å²) in [5.74, 6) is 0.728. The maximum atomic E-state index is 13.4. The summed E-state index contributed by atoms with van der Waals surface area (Å²) in [6, 6.07) is 12.6. The van der Waals surface area contributed by atoms with E-state index < -0.39 is 15.9 Å². The predicted octanol–water partition coefficient (Wildman–Crippen LogP) is 4.58. The van der Waals surface area contributed by atoms with Crippen molar-refractivity contribution in [2.24, 2.45) is 0 Å². The Kier molecular flexibility index (Phi) is 9.09. The molecule has 9 heteroatoms. The van der Waals surface area contributed by atoms with Crippen molar-refractivity contribution >= 4 is 45.0 Å². The molecule has 0 saturated carbocycles. The van der Waals surface area contributed by atoms with Crippen LogP contribution in [0.25, 0.3) is 0 Å². The SMILES string of the molecule is CCOc1ccccc1N(CC(=O)NCCSC(C)(C)C)S(=O)(=O)c1ccc(Cl)cc1. The van der Waals surface area contributed by atoms with E-state index in [1.54, 1.807) is 36.0 Å². The summed E-state index contributed by atoms with van der Waals surface area (Å²) in [5, 5.41) is 3.24. The molecule has 170 valence electrons. The first-order valence-corrected chi connectivity index (χ1v) is 12.8. The van der Waals surface area contributed by atoms with Gasteiger partial charge < -0.3 is 10.1 Å². The standard InChI is InChI=1S/C22H29ClN2O4S2/c1-5-29-20-9-7-6-8-19(20)25(16-21(26)24-14-15-30-22(2,3)4)31(27,28)18-12-10-17(23)11-13-18/h6-13H,5,14-16H2,1-4H3,(H,24,26). The molecule has 2 aromatic rings. The number of carbonyl (C=O) groups is 1. The molecular weight excluding hydrogens is 456 g/mol. The fraction of sp³-hybridized carbons (Fsp3) is 0.409. The van der Waals surface area contributed by atoms with Gasteiger partial charge in [-0.05, 0) is 43.3 Å². The molecule has 31 heavy (non-hydrogen) atoms. The Bertz CT molecular complexity index is 974. The van der Waals surface area contributed by atoms with Crippen molar-refractivity contribution in [3.8, 4) is 5.75 Å². The van der Waals surface area contributed by atoms with Crippen LogP contribution in [-0.2, 0) is 14.8 Å². The summed E-state index contributed by atoms with van der Waals surface area (Å²) in [6.45, 7) is 8.56. The Morgan fingerprint density at radius 3 is 2.39 bits per heavy atom. The number of nitrogens with one attached hydrogen (secondary N) is 1. The number of benzene rings is 2. The van der Waals surface area contributed by atoms with Gasteiger partial charge in [-0.15, -0.1) is 0 Å². The lowest BCUT2D eigenvalue weighted by Crippen LogP contribution is -2.41. The lowest BCUT2D eigenvalue weighted by atomic mass is 10.3. The van der Waals surface area contributed by atoms with Gasteiger partial charge in [-0.3, -0.25) is 9.10 Å². The van der Waals surface area contributed by atoms with E-state index >= 15 is 0 Å². The number of rotatable bonds is 10. The van der Waals surface area contributed by atoms with E-state index in [0.29, 0.717) is 29.6 Å². The van der Waals surface area contributed by atoms with Gasteiger partial charge in [-0.2, -0.15) is 11.8 Å². The highest BCUT2D eigenvalue weighted by Crippen LogP contribution is 2.32. The second kappa shape index (κ2) is 11.1. The molecule has 0 radical (unpaired) electrons. The van der Waals surface area contributed by atoms with Crippen LogP contribution in [0.3, 0.4) is 0 Å². The number of ether oxygens (including phenoxy) is 1. The van der Waals surface area contributed by atoms with Crippen molar-refractivity contribution in [3.05, 3.63) is 53.6 Å². The van der Waals surface area contributed by atoms with Crippen LogP contribution in [0.1, 0.15) is 27.7 Å². The highest BCUT2D eigenvalue weighted by atomic mass is 35.5. The fourth-order valence-electron chi connectivity index (χ4n) is 2.71. The van der Waals surface area contributed by atoms with Crippen LogP contribution in [0.4, 0.5) is 5.69 Å². The number of halogens is 1. The Morgan fingerprint density at radius 1 is 1.13 bits per heavy atom. The zero-order valence-electron chi connectivity index (χ0n) is 18.2. The highest BCUT2D eigenvalue weighted by Gasteiger charge is 2.29. The molecule has 0 aromatic heterocycles. The molecule has 0 bridgehead atoms. The molecule has 2 rings (SSSR count). The molecule has 2 aromatic carbocycles. The Labute approximate surface area is 194 Å². The van der Waals surface area contributed by atoms with E-state index in [0.717, 1.165) is 10.1 Å². The van der Waals surface area contributed by atoms with Crippen LogP contribution >= 0.6 is 23.4 Å². The smallest absolute Gasteiger partial charge is 0.264 e. The van der Waals surface area contributed by atoms with E-state index in [2.05, 4.69) is 26.1 Å². The molecule has 0 heterocycles. The zero-order valence-corrected chi connectivity index (χ0v) is 20.6. The summed E-state index contributed by atoms with van der Waals surface area (Å²) in [5.41, 5.74) is 0.304. The Hall–Kier alpha value is -1.90. The van der Waals surface area contributed by atoms with Gasteiger partial charge in [0.2, 0.25) is 5.91 Å². The quantitative estimate of drug-likeness (QED) is 0.499. The monoisotopic (exact) mass is 484 g/mol. The summed E-state index contributed by atoms with van der Waals surface area (Å²) in [6.07, 6.45) is 0. The van der Waals surface area contributed by atoms with Gasteiger partial charge >= 0.3 is 0 Å². The van der Waals surface area contributed by atoms with Crippen molar-refractivity contribution in [2.45, 2.75) is 37.3 Å². The third kappa shape index (κ3) is 7.63. The van der Waals surface area contributed by atoms with E-state index in [-0.39, 0.29) is 16.2 Å². The molecule has 0 aliphatic rings. The maximum absolute atomic E-state index is 13.4. The van der Waals surface area contributed by atoms with Crippen LogP contribution in [0.2, 0.25) is 5.02 Å². The van der Waals surface area contributed by atoms with Crippen LogP contribution in [0, 0.1) is 0 Å². The lowest BCUT2D eigenvalue weighted by Gasteiger charge is -2.26. The van der Waals surface area contributed by atoms with Gasteiger partial charge in [-0.25, -0.2) is 8.42 Å². The van der Waals surface area contributed by atoms with Gasteiger partial charge in [0.05, 0.1) is 17.2 Å². The number of amides is 1. The minimum absolute atomic E-state index is 0.0410. The van der Waals surface area contributed by atoms with Crippen molar-refractivity contribution < 1.29 is 17.9 Å². The highest BCUT2D eigenvalue weighted by molar-refractivity contribution is 8.00. The van der Waals surface area contributed by atoms with E-state index in [4.69, 9.17) is 16.3 Å². The second-order valence-corrected chi connectivity index (χ2v) is 11.9. The van der Waals surface area contributed by atoms with Crippen molar-refractivity contribution in [2.75, 3.05) is 29.8 Å².